The number of hydrogen-bond acceptors (Lipinski definition) is 5. The van der Waals surface area contributed by atoms with Gasteiger partial charge in [0.15, 0.2) is 4.47 Å². The van der Waals surface area contributed by atoms with E-state index in [-0.39, 0.29) is 12.5 Å². The minimum atomic E-state index is -0.418. The number of β-amino-alcohol motifs (C(OH)–C–C–N with tert-alkyl or cyclic N) is 1. The van der Waals surface area contributed by atoms with Gasteiger partial charge in [-0.1, -0.05) is 11.6 Å². The number of thiazole rings is 1. The van der Waals surface area contributed by atoms with E-state index >= 15 is 0 Å². The summed E-state index contributed by atoms with van der Waals surface area (Å²) < 4.78 is 0.545. The van der Waals surface area contributed by atoms with Crippen molar-refractivity contribution < 1.29 is 10.2 Å². The maximum Gasteiger partial charge on any atom is 0.183 e. The fourth-order valence-corrected chi connectivity index (χ4v) is 2.85. The van der Waals surface area contributed by atoms with Gasteiger partial charge in [-0.05, 0) is 0 Å². The molecular formula is C9H13ClN2O2S. The first-order chi connectivity index (χ1) is 7.19. The summed E-state index contributed by atoms with van der Waals surface area (Å²) in [6.45, 7) is 2.13. The Balaban J connectivity index is 1.92. The Hall–Kier alpha value is -0.200. The zero-order valence-corrected chi connectivity index (χ0v) is 9.71. The number of aliphatic hydroxyl groups excluding tert-OH is 2. The third-order valence-corrected chi connectivity index (χ3v) is 3.72. The van der Waals surface area contributed by atoms with E-state index in [2.05, 4.69) is 9.88 Å². The van der Waals surface area contributed by atoms with E-state index in [0.29, 0.717) is 11.0 Å². The van der Waals surface area contributed by atoms with E-state index in [1.165, 1.54) is 11.3 Å². The molecular weight excluding hydrogens is 236 g/mol. The number of likely N-dealkylation sites (tertiary alicyclic amines) is 1. The molecule has 2 atom stereocenters. The van der Waals surface area contributed by atoms with Crippen LogP contribution < -0.4 is 0 Å². The quantitative estimate of drug-likeness (QED) is 0.822. The zero-order valence-electron chi connectivity index (χ0n) is 8.14. The van der Waals surface area contributed by atoms with Gasteiger partial charge in [-0.3, -0.25) is 4.90 Å². The maximum atomic E-state index is 9.60. The molecule has 1 aromatic rings. The van der Waals surface area contributed by atoms with Gasteiger partial charge in [0.2, 0.25) is 0 Å². The second kappa shape index (κ2) is 4.76. The van der Waals surface area contributed by atoms with Crippen LogP contribution in [0.2, 0.25) is 4.47 Å². The van der Waals surface area contributed by atoms with E-state index in [4.69, 9.17) is 16.7 Å². The van der Waals surface area contributed by atoms with Gasteiger partial charge >= 0.3 is 0 Å². The van der Waals surface area contributed by atoms with E-state index in [1.807, 2.05) is 0 Å². The minimum absolute atomic E-state index is 0.0200. The molecule has 0 aliphatic carbocycles. The third-order valence-electron chi connectivity index (χ3n) is 2.62. The highest BCUT2D eigenvalue weighted by Gasteiger charge is 2.30. The summed E-state index contributed by atoms with van der Waals surface area (Å²) in [5.74, 6) is -0.0200. The summed E-state index contributed by atoms with van der Waals surface area (Å²) in [5, 5.41) is 18.6. The van der Waals surface area contributed by atoms with E-state index in [1.54, 1.807) is 6.20 Å². The molecule has 0 spiro atoms. The van der Waals surface area contributed by atoms with Crippen LogP contribution in [0.1, 0.15) is 4.88 Å². The lowest BCUT2D eigenvalue weighted by Gasteiger charge is -2.12. The van der Waals surface area contributed by atoms with Crippen molar-refractivity contribution in [2.24, 2.45) is 5.92 Å². The van der Waals surface area contributed by atoms with Crippen molar-refractivity contribution in [1.29, 1.82) is 0 Å². The number of halogens is 1. The fourth-order valence-electron chi connectivity index (χ4n) is 1.83. The van der Waals surface area contributed by atoms with Crippen molar-refractivity contribution in [3.05, 3.63) is 15.5 Å². The summed E-state index contributed by atoms with van der Waals surface area (Å²) in [4.78, 5) is 7.16. The van der Waals surface area contributed by atoms with Crippen LogP contribution in [0, 0.1) is 5.92 Å². The molecule has 0 bridgehead atoms. The van der Waals surface area contributed by atoms with Crippen molar-refractivity contribution in [2.75, 3.05) is 19.7 Å². The summed E-state index contributed by atoms with van der Waals surface area (Å²) in [6.07, 6.45) is 1.34. The van der Waals surface area contributed by atoms with Gasteiger partial charge in [-0.25, -0.2) is 4.98 Å². The zero-order chi connectivity index (χ0) is 10.8. The first-order valence-corrected chi connectivity index (χ1v) is 6.00. The Bertz CT molecular complexity index is 334. The molecule has 2 N–H and O–H groups in total. The van der Waals surface area contributed by atoms with Gasteiger partial charge in [-0.2, -0.15) is 0 Å². The van der Waals surface area contributed by atoms with E-state index in [0.717, 1.165) is 18.0 Å². The standard InChI is InChI=1S/C9H13ClN2O2S/c10-9-11-1-7(15-9)3-12-2-6(5-13)8(14)4-12/h1,6,8,13-14H,2-5H2. The largest absolute Gasteiger partial charge is 0.396 e. The van der Waals surface area contributed by atoms with Gasteiger partial charge in [0, 0.05) is 43.2 Å². The van der Waals surface area contributed by atoms with Crippen LogP contribution in [-0.2, 0) is 6.54 Å². The first kappa shape index (κ1) is 11.3. The van der Waals surface area contributed by atoms with Gasteiger partial charge in [-0.15, -0.1) is 11.3 Å². The summed E-state index contributed by atoms with van der Waals surface area (Å²) in [7, 11) is 0. The monoisotopic (exact) mass is 248 g/mol. The second-order valence-electron chi connectivity index (χ2n) is 3.78. The SMILES string of the molecule is OCC1CN(Cc2cnc(Cl)s2)CC1O. The number of nitrogens with zero attached hydrogens (tertiary/aromatic N) is 2. The molecule has 1 saturated heterocycles. The lowest BCUT2D eigenvalue weighted by Crippen LogP contribution is -2.21. The first-order valence-electron chi connectivity index (χ1n) is 4.80. The molecule has 15 heavy (non-hydrogen) atoms. The second-order valence-corrected chi connectivity index (χ2v) is 5.48. The summed E-state index contributed by atoms with van der Waals surface area (Å²) >= 11 is 7.18. The Kier molecular flexibility index (Phi) is 3.58. The van der Waals surface area contributed by atoms with Crippen LogP contribution in [0.25, 0.3) is 0 Å². The van der Waals surface area contributed by atoms with Gasteiger partial charge in [0.05, 0.1) is 6.10 Å². The number of hydrogen-bond donors (Lipinski definition) is 2. The van der Waals surface area contributed by atoms with Gasteiger partial charge < -0.3 is 10.2 Å². The van der Waals surface area contributed by atoms with E-state index in [9.17, 15) is 5.11 Å². The molecule has 84 valence electrons. The van der Waals surface area contributed by atoms with Crippen molar-refractivity contribution in [3.63, 3.8) is 0 Å². The average Bonchev–Trinajstić information content (AvgIpc) is 2.73. The fraction of sp³-hybridized carbons (Fsp3) is 0.667. The highest BCUT2D eigenvalue weighted by Crippen LogP contribution is 2.23. The third kappa shape index (κ3) is 2.68. The average molecular weight is 249 g/mol. The van der Waals surface area contributed by atoms with E-state index < -0.39 is 6.10 Å². The van der Waals surface area contributed by atoms with Gasteiger partial charge in [0.1, 0.15) is 0 Å². The van der Waals surface area contributed by atoms with Crippen LogP contribution in [-0.4, -0.2) is 45.9 Å². The molecule has 0 aromatic carbocycles. The molecule has 2 rings (SSSR count). The van der Waals surface area contributed by atoms with Crippen molar-refractivity contribution >= 4 is 22.9 Å². The van der Waals surface area contributed by atoms with Crippen molar-refractivity contribution in [1.82, 2.24) is 9.88 Å². The Morgan fingerprint density at radius 1 is 1.60 bits per heavy atom. The smallest absolute Gasteiger partial charge is 0.183 e. The molecule has 2 heterocycles. The molecule has 4 nitrogen and oxygen atoms in total. The molecule has 6 heteroatoms. The molecule has 2 unspecified atom stereocenters. The van der Waals surface area contributed by atoms with Gasteiger partial charge in [0.25, 0.3) is 0 Å². The van der Waals surface area contributed by atoms with Crippen LogP contribution in [0.4, 0.5) is 0 Å². The van der Waals surface area contributed by atoms with Crippen LogP contribution in [0.15, 0.2) is 6.20 Å². The predicted molar refractivity (Wildman–Crippen MR) is 59.0 cm³/mol. The highest BCUT2D eigenvalue weighted by atomic mass is 35.5. The molecule has 0 amide bonds. The molecule has 1 fully saturated rings. The van der Waals surface area contributed by atoms with Crippen molar-refractivity contribution in [2.45, 2.75) is 12.6 Å². The minimum Gasteiger partial charge on any atom is -0.396 e. The lowest BCUT2D eigenvalue weighted by atomic mass is 10.1. The number of aromatic nitrogens is 1. The summed E-state index contributed by atoms with van der Waals surface area (Å²) in [6, 6.07) is 0. The predicted octanol–water partition coefficient (Wildman–Crippen LogP) is 0.581. The van der Waals surface area contributed by atoms with Crippen LogP contribution in [0.5, 0.6) is 0 Å². The van der Waals surface area contributed by atoms with Crippen LogP contribution >= 0.6 is 22.9 Å². The number of rotatable bonds is 3. The molecule has 0 radical (unpaired) electrons. The summed E-state index contributed by atoms with van der Waals surface area (Å²) in [5.41, 5.74) is 0. The highest BCUT2D eigenvalue weighted by molar-refractivity contribution is 7.15. The molecule has 1 aliphatic rings. The van der Waals surface area contributed by atoms with Crippen molar-refractivity contribution in [3.8, 4) is 0 Å². The lowest BCUT2D eigenvalue weighted by molar-refractivity contribution is 0.103. The molecule has 1 aromatic heterocycles. The molecule has 1 aliphatic heterocycles. The normalized spacial score (nSPS) is 27.4. The Morgan fingerprint density at radius 2 is 2.40 bits per heavy atom. The Morgan fingerprint density at radius 3 is 2.93 bits per heavy atom. The van der Waals surface area contributed by atoms with Crippen LogP contribution in [0.3, 0.4) is 0 Å². The Labute approximate surface area is 97.1 Å². The maximum absolute atomic E-state index is 9.60. The topological polar surface area (TPSA) is 56.6 Å². The number of aliphatic hydroxyl groups is 2. The molecule has 0 saturated carbocycles.